The van der Waals surface area contributed by atoms with Crippen molar-refractivity contribution in [1.29, 1.82) is 0 Å². The fourth-order valence-electron chi connectivity index (χ4n) is 6.64. The molecule has 1 aliphatic rings. The highest BCUT2D eigenvalue weighted by atomic mass is 16.3. The van der Waals surface area contributed by atoms with Crippen molar-refractivity contribution in [3.05, 3.63) is 162 Å². The number of hydrogen-bond donors (Lipinski definition) is 1. The molecule has 1 N–H and O–H groups in total. The maximum absolute atomic E-state index is 6.76. The number of aromatic nitrogens is 1. The molecule has 0 fully saturated rings. The van der Waals surface area contributed by atoms with Crippen LogP contribution < -0.4 is 5.32 Å². The molecule has 0 bridgehead atoms. The molecule has 0 unspecified atom stereocenters. The fraction of sp³-hybridized carbons (Fsp3) is 0.0500. The second-order valence-electron chi connectivity index (χ2n) is 11.5. The summed E-state index contributed by atoms with van der Waals surface area (Å²) in [5.74, 6) is 1.61. The molecule has 5 heteroatoms. The van der Waals surface area contributed by atoms with E-state index >= 15 is 0 Å². The normalized spacial score (nSPS) is 13.8. The van der Waals surface area contributed by atoms with E-state index in [0.717, 1.165) is 72.6 Å². The number of nitrogens with zero attached hydrogens (tertiary/aromatic N) is 3. The first-order valence-electron chi connectivity index (χ1n) is 15.2. The average Bonchev–Trinajstić information content (AvgIpc) is 3.64. The third-order valence-corrected chi connectivity index (χ3v) is 8.79. The van der Waals surface area contributed by atoms with Gasteiger partial charge in [0.25, 0.3) is 0 Å². The summed E-state index contributed by atoms with van der Waals surface area (Å²) < 4.78 is 9.08. The maximum atomic E-state index is 6.76. The number of hydrogen-bond acceptors (Lipinski definition) is 4. The number of nitrogens with one attached hydrogen (secondary N) is 1. The average molecular weight is 581 g/mol. The Labute approximate surface area is 259 Å². The molecule has 5 nitrogen and oxygen atoms in total. The zero-order chi connectivity index (χ0) is 29.9. The molecule has 0 aliphatic carbocycles. The number of para-hydroxylation sites is 2. The first kappa shape index (κ1) is 25.5. The molecule has 45 heavy (non-hydrogen) atoms. The van der Waals surface area contributed by atoms with Crippen LogP contribution >= 0.6 is 0 Å². The van der Waals surface area contributed by atoms with Crippen LogP contribution in [0.3, 0.4) is 0 Å². The predicted molar refractivity (Wildman–Crippen MR) is 185 cm³/mol. The summed E-state index contributed by atoms with van der Waals surface area (Å²) in [6, 6.07) is 48.4. The molecule has 0 atom stereocenters. The van der Waals surface area contributed by atoms with Crippen LogP contribution in [-0.2, 0) is 0 Å². The first-order valence-corrected chi connectivity index (χ1v) is 15.2. The summed E-state index contributed by atoms with van der Waals surface area (Å²) in [5.41, 5.74) is 9.26. The SMILES string of the molecule is Cc1cc2oc3c(ccc4c5ccccc5n(-c5ccccc5)c43)c2cc1C1N=C(c2ccccc2)NC(c2ccccc2)=N1. The van der Waals surface area contributed by atoms with Crippen molar-refractivity contribution in [2.24, 2.45) is 9.98 Å². The first-order chi connectivity index (χ1) is 22.2. The van der Waals surface area contributed by atoms with Crippen molar-refractivity contribution in [1.82, 2.24) is 9.88 Å². The largest absolute Gasteiger partial charge is 0.454 e. The van der Waals surface area contributed by atoms with E-state index in [1.165, 1.54) is 10.8 Å². The molecule has 9 rings (SSSR count). The van der Waals surface area contributed by atoms with Crippen LogP contribution in [0.2, 0.25) is 0 Å². The molecule has 1 aliphatic heterocycles. The number of amidine groups is 2. The van der Waals surface area contributed by atoms with Crippen LogP contribution in [0, 0.1) is 6.92 Å². The Morgan fingerprint density at radius 3 is 1.89 bits per heavy atom. The highest BCUT2D eigenvalue weighted by Gasteiger charge is 2.24. The summed E-state index contributed by atoms with van der Waals surface area (Å²) in [5, 5.41) is 8.01. The van der Waals surface area contributed by atoms with E-state index in [-0.39, 0.29) is 0 Å². The van der Waals surface area contributed by atoms with Gasteiger partial charge in [0, 0.05) is 43.9 Å². The van der Waals surface area contributed by atoms with Gasteiger partial charge in [-0.1, -0.05) is 103 Å². The van der Waals surface area contributed by atoms with Gasteiger partial charge in [0.15, 0.2) is 11.7 Å². The van der Waals surface area contributed by atoms with Gasteiger partial charge in [-0.15, -0.1) is 0 Å². The van der Waals surface area contributed by atoms with Crippen LogP contribution in [0.15, 0.2) is 154 Å². The fourth-order valence-corrected chi connectivity index (χ4v) is 6.64. The van der Waals surface area contributed by atoms with Crippen molar-refractivity contribution in [2.45, 2.75) is 13.1 Å². The molecule has 0 saturated carbocycles. The standard InChI is InChI=1S/C40H28N4O/c1-25-23-35-33(24-32(25)40-42-38(26-13-5-2-6-14-26)41-39(43-40)27-15-7-3-8-16-27)31-22-21-30-29-19-11-12-20-34(29)44(36(30)37(31)45-35)28-17-9-4-10-18-28/h2-24,40H,1H3,(H,41,42,43). The summed E-state index contributed by atoms with van der Waals surface area (Å²) in [6.07, 6.45) is -0.412. The molecule has 2 aromatic heterocycles. The van der Waals surface area contributed by atoms with Crippen LogP contribution in [0.4, 0.5) is 0 Å². The van der Waals surface area contributed by atoms with E-state index in [0.29, 0.717) is 0 Å². The Kier molecular flexibility index (Phi) is 5.72. The summed E-state index contributed by atoms with van der Waals surface area (Å²) in [7, 11) is 0. The smallest absolute Gasteiger partial charge is 0.170 e. The van der Waals surface area contributed by atoms with E-state index in [4.69, 9.17) is 14.4 Å². The monoisotopic (exact) mass is 580 g/mol. The molecule has 0 radical (unpaired) electrons. The van der Waals surface area contributed by atoms with E-state index in [1.807, 2.05) is 36.4 Å². The molecule has 0 saturated heterocycles. The Morgan fingerprint density at radius 1 is 0.600 bits per heavy atom. The minimum atomic E-state index is -0.412. The molecule has 6 aromatic carbocycles. The van der Waals surface area contributed by atoms with Gasteiger partial charge in [0.1, 0.15) is 17.3 Å². The van der Waals surface area contributed by atoms with Crippen molar-refractivity contribution < 1.29 is 4.42 Å². The zero-order valence-electron chi connectivity index (χ0n) is 24.6. The van der Waals surface area contributed by atoms with Gasteiger partial charge < -0.3 is 14.3 Å². The van der Waals surface area contributed by atoms with Gasteiger partial charge in [0.2, 0.25) is 0 Å². The predicted octanol–water partition coefficient (Wildman–Crippen LogP) is 9.49. The third kappa shape index (κ3) is 4.09. The van der Waals surface area contributed by atoms with E-state index in [2.05, 4.69) is 120 Å². The molecular formula is C40H28N4O. The quantitative estimate of drug-likeness (QED) is 0.225. The van der Waals surface area contributed by atoms with E-state index in [1.54, 1.807) is 0 Å². The number of benzene rings is 6. The van der Waals surface area contributed by atoms with Gasteiger partial charge in [-0.2, -0.15) is 0 Å². The third-order valence-electron chi connectivity index (χ3n) is 8.79. The number of fused-ring (bicyclic) bond motifs is 7. The van der Waals surface area contributed by atoms with Crippen LogP contribution in [-0.4, -0.2) is 16.2 Å². The number of furan rings is 1. The van der Waals surface area contributed by atoms with Crippen LogP contribution in [0.5, 0.6) is 0 Å². The number of rotatable bonds is 4. The summed E-state index contributed by atoms with van der Waals surface area (Å²) >= 11 is 0. The molecule has 3 heterocycles. The Morgan fingerprint density at radius 2 is 1.20 bits per heavy atom. The van der Waals surface area contributed by atoms with Gasteiger partial charge in [-0.3, -0.25) is 0 Å². The number of aliphatic imine (C=N–C) groups is 2. The highest BCUT2D eigenvalue weighted by Crippen LogP contribution is 2.41. The summed E-state index contributed by atoms with van der Waals surface area (Å²) in [6.45, 7) is 2.12. The lowest BCUT2D eigenvalue weighted by Gasteiger charge is -2.23. The Hall–Kier alpha value is -5.94. The van der Waals surface area contributed by atoms with E-state index < -0.39 is 6.17 Å². The lowest BCUT2D eigenvalue weighted by atomic mass is 10.0. The maximum Gasteiger partial charge on any atom is 0.170 e. The van der Waals surface area contributed by atoms with Crippen LogP contribution in [0.25, 0.3) is 49.4 Å². The second-order valence-corrected chi connectivity index (χ2v) is 11.5. The van der Waals surface area contributed by atoms with Crippen molar-refractivity contribution in [2.75, 3.05) is 0 Å². The Balaban J connectivity index is 1.28. The van der Waals surface area contributed by atoms with Crippen molar-refractivity contribution in [3.63, 3.8) is 0 Å². The summed E-state index contributed by atoms with van der Waals surface area (Å²) in [4.78, 5) is 10.3. The molecule has 8 aromatic rings. The van der Waals surface area contributed by atoms with Crippen molar-refractivity contribution in [3.8, 4) is 5.69 Å². The van der Waals surface area contributed by atoms with Gasteiger partial charge in [-0.05, 0) is 48.9 Å². The highest BCUT2D eigenvalue weighted by molar-refractivity contribution is 6.21. The molecular weight excluding hydrogens is 552 g/mol. The lowest BCUT2D eigenvalue weighted by molar-refractivity contribution is 0.669. The topological polar surface area (TPSA) is 54.8 Å². The van der Waals surface area contributed by atoms with Crippen molar-refractivity contribution >= 4 is 55.4 Å². The minimum Gasteiger partial charge on any atom is -0.454 e. The van der Waals surface area contributed by atoms with Gasteiger partial charge >= 0.3 is 0 Å². The van der Waals surface area contributed by atoms with Gasteiger partial charge in [-0.25, -0.2) is 9.98 Å². The van der Waals surface area contributed by atoms with Gasteiger partial charge in [0.05, 0.1) is 11.0 Å². The molecule has 214 valence electrons. The van der Waals surface area contributed by atoms with Crippen LogP contribution in [0.1, 0.15) is 28.4 Å². The van der Waals surface area contributed by atoms with E-state index in [9.17, 15) is 0 Å². The molecule has 0 amide bonds. The Bertz CT molecular complexity index is 2400. The minimum absolute atomic E-state index is 0.412. The number of aryl methyl sites for hydroxylation is 1. The zero-order valence-corrected chi connectivity index (χ0v) is 24.6. The molecule has 0 spiro atoms. The second kappa shape index (κ2) is 10.1. The lowest BCUT2D eigenvalue weighted by Crippen LogP contribution is -2.36.